The van der Waals surface area contributed by atoms with Crippen LogP contribution in [0.4, 0.5) is 5.69 Å². The van der Waals surface area contributed by atoms with Gasteiger partial charge in [0.05, 0.1) is 18.4 Å². The molecule has 0 aliphatic carbocycles. The first-order valence-electron chi connectivity index (χ1n) is 11.9. The maximum atomic E-state index is 13.4. The fourth-order valence-electron chi connectivity index (χ4n) is 3.43. The molecule has 0 radical (unpaired) electrons. The standard InChI is InChI=1S/C26H37N3O5S/c1-6-8-13-17-29(16-9-7-2)23-18-21(26(30)33-5)19-24(35(31,32)27-20-28(3)4)25(23)34-22-14-11-10-12-15-22/h10-12,14-15,18-20H,6-9,13,16-17H2,1-5H3/b27-20-. The fourth-order valence-corrected chi connectivity index (χ4v) is 4.51. The Morgan fingerprint density at radius 3 is 2.26 bits per heavy atom. The highest BCUT2D eigenvalue weighted by Crippen LogP contribution is 2.41. The van der Waals surface area contributed by atoms with E-state index in [0.29, 0.717) is 24.5 Å². The highest BCUT2D eigenvalue weighted by Gasteiger charge is 2.28. The van der Waals surface area contributed by atoms with Crippen LogP contribution in [0, 0.1) is 0 Å². The lowest BCUT2D eigenvalue weighted by Crippen LogP contribution is -2.27. The monoisotopic (exact) mass is 503 g/mol. The molecule has 2 aromatic rings. The molecule has 0 atom stereocenters. The Bertz CT molecular complexity index is 1090. The highest BCUT2D eigenvalue weighted by atomic mass is 32.2. The molecule has 0 bridgehead atoms. The van der Waals surface area contributed by atoms with Gasteiger partial charge in [-0.1, -0.05) is 51.3 Å². The first-order chi connectivity index (χ1) is 16.7. The Morgan fingerprint density at radius 1 is 1.00 bits per heavy atom. The molecule has 0 amide bonds. The van der Waals surface area contributed by atoms with Gasteiger partial charge in [-0.15, -0.1) is 4.40 Å². The fraction of sp³-hybridized carbons (Fsp3) is 0.462. The van der Waals surface area contributed by atoms with Crippen LogP contribution in [-0.2, 0) is 14.8 Å². The highest BCUT2D eigenvalue weighted by molar-refractivity contribution is 7.90. The summed E-state index contributed by atoms with van der Waals surface area (Å²) in [7, 11) is 0.420. The van der Waals surface area contributed by atoms with E-state index in [1.807, 2.05) is 18.2 Å². The number of hydrogen-bond donors (Lipinski definition) is 0. The molecule has 0 heterocycles. The summed E-state index contributed by atoms with van der Waals surface area (Å²) < 4.78 is 41.7. The number of carbonyl (C=O) groups excluding carboxylic acids is 1. The largest absolute Gasteiger partial charge is 0.465 e. The van der Waals surface area contributed by atoms with E-state index in [-0.39, 0.29) is 16.2 Å². The number of ether oxygens (including phenoxy) is 2. The molecule has 0 saturated carbocycles. The average Bonchev–Trinajstić information content (AvgIpc) is 2.85. The summed E-state index contributed by atoms with van der Waals surface area (Å²) in [6.45, 7) is 5.62. The predicted octanol–water partition coefficient (Wildman–Crippen LogP) is 5.34. The zero-order chi connectivity index (χ0) is 25.8. The normalized spacial score (nSPS) is 11.5. The molecule has 2 aromatic carbocycles. The summed E-state index contributed by atoms with van der Waals surface area (Å²) in [5.41, 5.74) is 0.651. The minimum absolute atomic E-state index is 0.124. The lowest BCUT2D eigenvalue weighted by atomic mass is 10.1. The van der Waals surface area contributed by atoms with Crippen molar-refractivity contribution >= 4 is 28.0 Å². The van der Waals surface area contributed by atoms with Crippen LogP contribution in [0.25, 0.3) is 0 Å². The van der Waals surface area contributed by atoms with Crippen molar-refractivity contribution in [3.63, 3.8) is 0 Å². The van der Waals surface area contributed by atoms with E-state index in [4.69, 9.17) is 9.47 Å². The summed E-state index contributed by atoms with van der Waals surface area (Å²) >= 11 is 0. The number of para-hydroxylation sites is 1. The van der Waals surface area contributed by atoms with Crippen LogP contribution in [0.2, 0.25) is 0 Å². The molecule has 0 aliphatic heterocycles. The zero-order valence-electron chi connectivity index (χ0n) is 21.4. The van der Waals surface area contributed by atoms with Crippen molar-refractivity contribution in [1.82, 2.24) is 4.90 Å². The minimum atomic E-state index is -4.20. The third kappa shape index (κ3) is 8.28. The van der Waals surface area contributed by atoms with Crippen molar-refractivity contribution in [1.29, 1.82) is 0 Å². The predicted molar refractivity (Wildman–Crippen MR) is 140 cm³/mol. The number of benzene rings is 2. The van der Waals surface area contributed by atoms with Crippen LogP contribution in [0.3, 0.4) is 0 Å². The van der Waals surface area contributed by atoms with Gasteiger partial charge in [-0.05, 0) is 37.1 Å². The average molecular weight is 504 g/mol. The summed E-state index contributed by atoms with van der Waals surface area (Å²) in [6.07, 6.45) is 6.09. The number of anilines is 1. The molecule has 0 unspecified atom stereocenters. The minimum Gasteiger partial charge on any atom is -0.465 e. The van der Waals surface area contributed by atoms with E-state index in [1.54, 1.807) is 32.3 Å². The molecule has 2 rings (SSSR count). The summed E-state index contributed by atoms with van der Waals surface area (Å²) in [6, 6.07) is 11.9. The third-order valence-corrected chi connectivity index (χ3v) is 6.50. The van der Waals surface area contributed by atoms with E-state index in [1.165, 1.54) is 24.4 Å². The molecule has 0 aromatic heterocycles. The van der Waals surface area contributed by atoms with Gasteiger partial charge in [0.15, 0.2) is 5.75 Å². The van der Waals surface area contributed by atoms with E-state index < -0.39 is 16.0 Å². The molecule has 192 valence electrons. The van der Waals surface area contributed by atoms with Gasteiger partial charge < -0.3 is 19.3 Å². The first kappa shape index (κ1) is 28.2. The molecule has 0 aliphatic rings. The van der Waals surface area contributed by atoms with Crippen LogP contribution in [0.15, 0.2) is 51.8 Å². The van der Waals surface area contributed by atoms with Gasteiger partial charge in [0.1, 0.15) is 17.0 Å². The SMILES string of the molecule is CCCCCN(CCCC)c1cc(C(=O)OC)cc(S(=O)(=O)/N=C\N(C)C)c1Oc1ccccc1. The van der Waals surface area contributed by atoms with Crippen LogP contribution < -0.4 is 9.64 Å². The van der Waals surface area contributed by atoms with Gasteiger partial charge in [-0.2, -0.15) is 8.42 Å². The van der Waals surface area contributed by atoms with E-state index in [2.05, 4.69) is 23.1 Å². The summed E-state index contributed by atoms with van der Waals surface area (Å²) in [4.78, 5) is 16.0. The van der Waals surface area contributed by atoms with E-state index >= 15 is 0 Å². The van der Waals surface area contributed by atoms with Crippen LogP contribution in [-0.4, -0.2) is 59.9 Å². The maximum absolute atomic E-state index is 13.4. The number of hydrogen-bond acceptors (Lipinski definition) is 6. The molecule has 0 spiro atoms. The Kier molecular flexibility index (Phi) is 11.0. The number of sulfonamides is 1. The molecular weight excluding hydrogens is 466 g/mol. The van der Waals surface area contributed by atoms with Gasteiger partial charge in [0, 0.05) is 27.2 Å². The van der Waals surface area contributed by atoms with Gasteiger partial charge in [-0.25, -0.2) is 4.79 Å². The molecule has 0 N–H and O–H groups in total. The van der Waals surface area contributed by atoms with Crippen LogP contribution >= 0.6 is 0 Å². The lowest BCUT2D eigenvalue weighted by molar-refractivity contribution is 0.0600. The number of nitrogens with zero attached hydrogens (tertiary/aromatic N) is 3. The zero-order valence-corrected chi connectivity index (χ0v) is 22.2. The van der Waals surface area contributed by atoms with Crippen LogP contribution in [0.1, 0.15) is 56.3 Å². The quantitative estimate of drug-likeness (QED) is 0.149. The second kappa shape index (κ2) is 13.7. The summed E-state index contributed by atoms with van der Waals surface area (Å²) in [5.74, 6) is -0.00137. The van der Waals surface area contributed by atoms with Gasteiger partial charge in [0.25, 0.3) is 10.0 Å². The lowest BCUT2D eigenvalue weighted by Gasteiger charge is -2.28. The number of rotatable bonds is 14. The van der Waals surface area contributed by atoms with Crippen molar-refractivity contribution in [3.05, 3.63) is 48.0 Å². The molecule has 0 saturated heterocycles. The molecule has 8 nitrogen and oxygen atoms in total. The van der Waals surface area contributed by atoms with Crippen molar-refractivity contribution in [3.8, 4) is 11.5 Å². The molecule has 9 heteroatoms. The molecular formula is C26H37N3O5S. The van der Waals surface area contributed by atoms with Gasteiger partial charge >= 0.3 is 5.97 Å². The van der Waals surface area contributed by atoms with Crippen molar-refractivity contribution in [2.75, 3.05) is 39.2 Å². The molecule has 35 heavy (non-hydrogen) atoms. The second-order valence-electron chi connectivity index (χ2n) is 8.44. The van der Waals surface area contributed by atoms with Gasteiger partial charge in [0.2, 0.25) is 0 Å². The number of esters is 1. The second-order valence-corrected chi connectivity index (χ2v) is 10.0. The Labute approximate surface area is 209 Å². The first-order valence-corrected chi connectivity index (χ1v) is 13.4. The number of methoxy groups -OCH3 is 1. The van der Waals surface area contributed by atoms with Crippen molar-refractivity contribution in [2.45, 2.75) is 50.8 Å². The van der Waals surface area contributed by atoms with Crippen molar-refractivity contribution < 1.29 is 22.7 Å². The Morgan fingerprint density at radius 2 is 1.66 bits per heavy atom. The van der Waals surface area contributed by atoms with Crippen molar-refractivity contribution in [2.24, 2.45) is 4.40 Å². The van der Waals surface area contributed by atoms with E-state index in [0.717, 1.165) is 32.1 Å². The Balaban J connectivity index is 2.81. The maximum Gasteiger partial charge on any atom is 0.337 e. The smallest absolute Gasteiger partial charge is 0.337 e. The topological polar surface area (TPSA) is 88.5 Å². The number of unbranched alkanes of at least 4 members (excludes halogenated alkanes) is 3. The molecule has 0 fully saturated rings. The summed E-state index contributed by atoms with van der Waals surface area (Å²) in [5, 5.41) is 0. The number of carbonyl (C=O) groups is 1. The van der Waals surface area contributed by atoms with E-state index in [9.17, 15) is 13.2 Å². The third-order valence-electron chi connectivity index (χ3n) is 5.27. The van der Waals surface area contributed by atoms with Crippen LogP contribution in [0.5, 0.6) is 11.5 Å². The van der Waals surface area contributed by atoms with Gasteiger partial charge in [-0.3, -0.25) is 0 Å². The Hall–Kier alpha value is -3.07.